The lowest BCUT2D eigenvalue weighted by Crippen LogP contribution is -2.18. The molecule has 9 heteroatoms. The predicted molar refractivity (Wildman–Crippen MR) is 162 cm³/mol. The normalized spacial score (nSPS) is 11.6. The molecule has 2 N–H and O–H groups in total. The zero-order valence-corrected chi connectivity index (χ0v) is 23.6. The van der Waals surface area contributed by atoms with E-state index in [1.165, 1.54) is 23.1 Å². The molecule has 0 aliphatic carbocycles. The highest BCUT2D eigenvalue weighted by atomic mass is 32.2. The summed E-state index contributed by atoms with van der Waals surface area (Å²) in [6, 6.07) is 29.7. The third-order valence-corrected chi connectivity index (χ3v) is 8.14. The molecule has 0 aliphatic heterocycles. The smallest absolute Gasteiger partial charge is 0.255 e. The molecule has 2 amide bonds. The molecule has 1 atom stereocenters. The first-order chi connectivity index (χ1) is 19.5. The number of carbonyl (C=O) groups excluding carboxylic acids is 2. The monoisotopic (exact) mass is 569 g/mol. The summed E-state index contributed by atoms with van der Waals surface area (Å²) in [6.07, 6.45) is 0. The molecule has 7 nitrogen and oxygen atoms in total. The second-order valence-corrected chi connectivity index (χ2v) is 10.9. The minimum absolute atomic E-state index is 0.171. The van der Waals surface area contributed by atoms with Gasteiger partial charge in [0.25, 0.3) is 5.91 Å². The number of nitrogens with zero attached hydrogens (tertiary/aromatic N) is 1. The third-order valence-electron chi connectivity index (χ3n) is 5.94. The fraction of sp³-hybridized carbons (Fsp3) is 0.129. The lowest BCUT2D eigenvalue weighted by molar-refractivity contribution is -0.115. The van der Waals surface area contributed by atoms with Crippen LogP contribution in [-0.4, -0.2) is 30.5 Å². The zero-order valence-electron chi connectivity index (χ0n) is 21.9. The largest absolute Gasteiger partial charge is 0.497 e. The van der Waals surface area contributed by atoms with E-state index in [0.717, 1.165) is 26.4 Å². The van der Waals surface area contributed by atoms with E-state index in [-0.39, 0.29) is 11.8 Å². The Morgan fingerprint density at radius 2 is 1.70 bits per heavy atom. The number of hydrogen-bond donors (Lipinski definition) is 2. The first-order valence-electron chi connectivity index (χ1n) is 12.6. The molecule has 4 aromatic carbocycles. The average molecular weight is 570 g/mol. The number of methoxy groups -OCH3 is 1. The molecule has 40 heavy (non-hydrogen) atoms. The van der Waals surface area contributed by atoms with Crippen molar-refractivity contribution >= 4 is 55.9 Å². The number of benzene rings is 4. The number of hydrogen-bond acceptors (Lipinski definition) is 7. The average Bonchev–Trinajstić information content (AvgIpc) is 3.38. The Balaban J connectivity index is 1.30. The van der Waals surface area contributed by atoms with Crippen LogP contribution in [0, 0.1) is 0 Å². The lowest BCUT2D eigenvalue weighted by atomic mass is 10.1. The van der Waals surface area contributed by atoms with Gasteiger partial charge in [-0.3, -0.25) is 9.59 Å². The summed E-state index contributed by atoms with van der Waals surface area (Å²) in [5.74, 6) is 0.990. The van der Waals surface area contributed by atoms with Gasteiger partial charge in [-0.1, -0.05) is 47.7 Å². The van der Waals surface area contributed by atoms with Gasteiger partial charge in [0.15, 0.2) is 5.13 Å². The molecule has 0 bridgehead atoms. The number of carbonyl (C=O) groups is 2. The van der Waals surface area contributed by atoms with Crippen LogP contribution in [0.25, 0.3) is 10.2 Å². The molecule has 202 valence electrons. The van der Waals surface area contributed by atoms with E-state index in [9.17, 15) is 9.59 Å². The minimum Gasteiger partial charge on any atom is -0.497 e. The fourth-order valence-electron chi connectivity index (χ4n) is 4.01. The molecular weight excluding hydrogens is 542 g/mol. The summed E-state index contributed by atoms with van der Waals surface area (Å²) in [5.41, 5.74) is 2.83. The number of thiazole rings is 1. The van der Waals surface area contributed by atoms with Crippen LogP contribution >= 0.6 is 23.1 Å². The van der Waals surface area contributed by atoms with Crippen molar-refractivity contribution in [2.75, 3.05) is 24.4 Å². The van der Waals surface area contributed by atoms with E-state index in [4.69, 9.17) is 9.47 Å². The number of rotatable bonds is 10. The molecule has 0 fully saturated rings. The number of ether oxygens (including phenoxy) is 2. The van der Waals surface area contributed by atoms with Crippen LogP contribution in [-0.2, 0) is 4.79 Å². The number of amides is 2. The number of nitrogens with one attached hydrogen (secondary N) is 2. The van der Waals surface area contributed by atoms with Crippen LogP contribution in [0.3, 0.4) is 0 Å². The van der Waals surface area contributed by atoms with Crippen molar-refractivity contribution in [1.82, 2.24) is 4.98 Å². The van der Waals surface area contributed by atoms with Gasteiger partial charge in [-0.05, 0) is 73.2 Å². The van der Waals surface area contributed by atoms with Crippen LogP contribution in [0.4, 0.5) is 10.8 Å². The van der Waals surface area contributed by atoms with Gasteiger partial charge < -0.3 is 20.1 Å². The number of fused-ring (bicyclic) bond motifs is 1. The van der Waals surface area contributed by atoms with Gasteiger partial charge in [0.1, 0.15) is 16.7 Å². The summed E-state index contributed by atoms with van der Waals surface area (Å²) in [7, 11) is 1.56. The fourth-order valence-corrected chi connectivity index (χ4v) is 5.93. The number of thioether (sulfide) groups is 1. The van der Waals surface area contributed by atoms with Gasteiger partial charge in [0.2, 0.25) is 5.91 Å². The lowest BCUT2D eigenvalue weighted by Gasteiger charge is -2.16. The Morgan fingerprint density at radius 3 is 2.45 bits per heavy atom. The van der Waals surface area contributed by atoms with Crippen molar-refractivity contribution in [3.05, 3.63) is 108 Å². The van der Waals surface area contributed by atoms with Crippen molar-refractivity contribution in [3.8, 4) is 11.5 Å². The first-order valence-corrected chi connectivity index (χ1v) is 14.3. The van der Waals surface area contributed by atoms with Crippen LogP contribution in [0.15, 0.2) is 102 Å². The molecule has 5 aromatic rings. The highest BCUT2D eigenvalue weighted by Gasteiger charge is 2.23. The standard InChI is InChI=1S/C31H27N3O4S2/c1-3-38-24-14-17-26-27(19-24)40-31(33-26)34-30(36)28(20-8-5-4-6-9-20)39-25-15-12-22(13-16-25)32-29(35)21-10-7-11-23(18-21)37-2/h4-19,28H,3H2,1-2H3,(H,32,35)(H,33,34,36). The maximum Gasteiger partial charge on any atom is 0.255 e. The maximum atomic E-state index is 13.5. The number of anilines is 2. The molecule has 1 unspecified atom stereocenters. The zero-order chi connectivity index (χ0) is 27.9. The van der Waals surface area contributed by atoms with Gasteiger partial charge in [-0.25, -0.2) is 4.98 Å². The summed E-state index contributed by atoms with van der Waals surface area (Å²) in [4.78, 5) is 31.7. The van der Waals surface area contributed by atoms with Crippen LogP contribution < -0.4 is 20.1 Å². The third kappa shape index (κ3) is 6.62. The topological polar surface area (TPSA) is 89.5 Å². The molecule has 0 spiro atoms. The second kappa shape index (κ2) is 12.7. The Hall–Kier alpha value is -4.34. The summed E-state index contributed by atoms with van der Waals surface area (Å²) < 4.78 is 11.7. The Morgan fingerprint density at radius 1 is 0.900 bits per heavy atom. The van der Waals surface area contributed by atoms with E-state index in [1.807, 2.05) is 79.7 Å². The predicted octanol–water partition coefficient (Wildman–Crippen LogP) is 7.43. The molecule has 0 saturated heterocycles. The highest BCUT2D eigenvalue weighted by molar-refractivity contribution is 8.00. The van der Waals surface area contributed by atoms with Crippen LogP contribution in [0.1, 0.15) is 28.1 Å². The highest BCUT2D eigenvalue weighted by Crippen LogP contribution is 2.38. The first kappa shape index (κ1) is 27.2. The second-order valence-electron chi connectivity index (χ2n) is 8.69. The number of aromatic nitrogens is 1. The summed E-state index contributed by atoms with van der Waals surface area (Å²) >= 11 is 2.84. The van der Waals surface area contributed by atoms with E-state index in [2.05, 4.69) is 15.6 Å². The van der Waals surface area contributed by atoms with Crippen LogP contribution in [0.5, 0.6) is 11.5 Å². The van der Waals surface area contributed by atoms with Crippen molar-refractivity contribution < 1.29 is 19.1 Å². The Kier molecular flexibility index (Phi) is 8.63. The summed E-state index contributed by atoms with van der Waals surface area (Å²) in [5, 5.41) is 5.93. The molecule has 0 radical (unpaired) electrons. The van der Waals surface area contributed by atoms with Crippen molar-refractivity contribution in [3.63, 3.8) is 0 Å². The Labute approximate surface area is 240 Å². The van der Waals surface area contributed by atoms with Gasteiger partial charge in [0.05, 0.1) is 23.9 Å². The van der Waals surface area contributed by atoms with E-state index in [1.54, 1.807) is 31.4 Å². The SMILES string of the molecule is CCOc1ccc2nc(NC(=O)C(Sc3ccc(NC(=O)c4cccc(OC)c4)cc3)c3ccccc3)sc2c1. The van der Waals surface area contributed by atoms with E-state index >= 15 is 0 Å². The molecule has 1 aromatic heterocycles. The summed E-state index contributed by atoms with van der Waals surface area (Å²) in [6.45, 7) is 2.52. The van der Waals surface area contributed by atoms with Crippen molar-refractivity contribution in [2.45, 2.75) is 17.1 Å². The molecule has 0 saturated carbocycles. The van der Waals surface area contributed by atoms with Crippen LogP contribution in [0.2, 0.25) is 0 Å². The van der Waals surface area contributed by atoms with Gasteiger partial charge in [-0.15, -0.1) is 11.8 Å². The van der Waals surface area contributed by atoms with E-state index < -0.39 is 5.25 Å². The molecule has 5 rings (SSSR count). The minimum atomic E-state index is -0.510. The van der Waals surface area contributed by atoms with Crippen molar-refractivity contribution in [2.24, 2.45) is 0 Å². The van der Waals surface area contributed by atoms with Gasteiger partial charge >= 0.3 is 0 Å². The molecule has 1 heterocycles. The maximum absolute atomic E-state index is 13.5. The Bertz CT molecular complexity index is 1620. The molecular formula is C31H27N3O4S2. The van der Waals surface area contributed by atoms with Crippen molar-refractivity contribution in [1.29, 1.82) is 0 Å². The van der Waals surface area contributed by atoms with E-state index in [0.29, 0.717) is 28.7 Å². The van der Waals surface area contributed by atoms with Gasteiger partial charge in [0, 0.05) is 16.1 Å². The molecule has 0 aliphatic rings. The van der Waals surface area contributed by atoms with Gasteiger partial charge in [-0.2, -0.15) is 0 Å². The quantitative estimate of drug-likeness (QED) is 0.170.